The van der Waals surface area contributed by atoms with Crippen molar-refractivity contribution in [1.82, 2.24) is 0 Å². The molecule has 0 saturated heterocycles. The maximum absolute atomic E-state index is 10.2. The lowest BCUT2D eigenvalue weighted by molar-refractivity contribution is -0.107. The van der Waals surface area contributed by atoms with Gasteiger partial charge in [0.15, 0.2) is 0 Å². The Morgan fingerprint density at radius 1 is 0.722 bits per heavy atom. The van der Waals surface area contributed by atoms with Gasteiger partial charge in [0.2, 0.25) is 0 Å². The summed E-state index contributed by atoms with van der Waals surface area (Å²) >= 11 is 0. The van der Waals surface area contributed by atoms with Gasteiger partial charge in [0.25, 0.3) is 0 Å². The van der Waals surface area contributed by atoms with E-state index in [0.717, 1.165) is 36.9 Å². The molecule has 0 saturated carbocycles. The van der Waals surface area contributed by atoms with Crippen LogP contribution in [0.4, 0.5) is 0 Å². The first-order valence-corrected chi connectivity index (χ1v) is 7.99. The molecule has 0 aromatic rings. The van der Waals surface area contributed by atoms with Gasteiger partial charge in [-0.1, -0.05) is 72.6 Å². The summed E-state index contributed by atoms with van der Waals surface area (Å²) in [6, 6.07) is 0. The van der Waals surface area contributed by atoms with E-state index in [4.69, 9.17) is 0 Å². The van der Waals surface area contributed by atoms with Crippen LogP contribution in [0.5, 0.6) is 0 Å². The largest absolute Gasteiger partial charge is 0.303 e. The monoisotopic (exact) mass is 254 g/mol. The van der Waals surface area contributed by atoms with Crippen LogP contribution in [-0.4, -0.2) is 6.29 Å². The van der Waals surface area contributed by atoms with E-state index in [1.54, 1.807) is 0 Å². The van der Waals surface area contributed by atoms with Gasteiger partial charge in [-0.05, 0) is 24.2 Å². The second-order valence-corrected chi connectivity index (χ2v) is 6.56. The van der Waals surface area contributed by atoms with Crippen LogP contribution in [0.2, 0.25) is 0 Å². The van der Waals surface area contributed by atoms with Gasteiger partial charge in [0.05, 0.1) is 0 Å². The van der Waals surface area contributed by atoms with E-state index >= 15 is 0 Å². The Hall–Kier alpha value is -0.330. The SMILES string of the molecule is CC(C)CCCC(C)CCCC(C)CCCC=O. The fourth-order valence-electron chi connectivity index (χ4n) is 2.53. The van der Waals surface area contributed by atoms with E-state index < -0.39 is 0 Å². The third-order valence-corrected chi connectivity index (χ3v) is 3.89. The van der Waals surface area contributed by atoms with Gasteiger partial charge >= 0.3 is 0 Å². The first-order chi connectivity index (χ1) is 8.56. The lowest BCUT2D eigenvalue weighted by Gasteiger charge is -2.14. The quantitative estimate of drug-likeness (QED) is 0.326. The Balaban J connectivity index is 3.37. The Morgan fingerprint density at radius 3 is 1.61 bits per heavy atom. The highest BCUT2D eigenvalue weighted by Crippen LogP contribution is 2.21. The molecular formula is C17H34O. The van der Waals surface area contributed by atoms with Crippen molar-refractivity contribution >= 4 is 6.29 Å². The zero-order chi connectivity index (χ0) is 13.8. The van der Waals surface area contributed by atoms with Gasteiger partial charge in [-0.2, -0.15) is 0 Å². The summed E-state index contributed by atoms with van der Waals surface area (Å²) in [5, 5.41) is 0. The first-order valence-electron chi connectivity index (χ1n) is 7.99. The van der Waals surface area contributed by atoms with Crippen LogP contribution in [0, 0.1) is 17.8 Å². The minimum atomic E-state index is 0.746. The highest BCUT2D eigenvalue weighted by Gasteiger charge is 2.06. The van der Waals surface area contributed by atoms with Crippen molar-refractivity contribution in [2.45, 2.75) is 85.5 Å². The van der Waals surface area contributed by atoms with Crippen molar-refractivity contribution in [2.24, 2.45) is 17.8 Å². The highest BCUT2D eigenvalue weighted by atomic mass is 16.1. The van der Waals surface area contributed by atoms with Crippen LogP contribution >= 0.6 is 0 Å². The summed E-state index contributed by atoms with van der Waals surface area (Å²) in [6.45, 7) is 9.35. The summed E-state index contributed by atoms with van der Waals surface area (Å²) < 4.78 is 0. The number of hydrogen-bond acceptors (Lipinski definition) is 1. The lowest BCUT2D eigenvalue weighted by Crippen LogP contribution is -2.00. The van der Waals surface area contributed by atoms with Crippen LogP contribution in [0.3, 0.4) is 0 Å². The molecule has 18 heavy (non-hydrogen) atoms. The maximum Gasteiger partial charge on any atom is 0.119 e. The zero-order valence-electron chi connectivity index (χ0n) is 13.1. The molecule has 0 aliphatic carbocycles. The standard InChI is InChI=1S/C17H34O/c1-15(2)9-7-11-17(4)13-8-12-16(3)10-5-6-14-18/h14-17H,5-13H2,1-4H3. The number of unbranched alkanes of at least 4 members (excludes halogenated alkanes) is 1. The minimum Gasteiger partial charge on any atom is -0.303 e. The smallest absolute Gasteiger partial charge is 0.119 e. The van der Waals surface area contributed by atoms with Gasteiger partial charge in [0.1, 0.15) is 6.29 Å². The molecule has 108 valence electrons. The molecule has 0 aromatic carbocycles. The Bertz CT molecular complexity index is 186. The van der Waals surface area contributed by atoms with Gasteiger partial charge in [-0.3, -0.25) is 0 Å². The Morgan fingerprint density at radius 2 is 1.17 bits per heavy atom. The molecule has 0 spiro atoms. The van der Waals surface area contributed by atoms with Gasteiger partial charge in [0, 0.05) is 6.42 Å². The van der Waals surface area contributed by atoms with Crippen LogP contribution in [0.1, 0.15) is 85.5 Å². The van der Waals surface area contributed by atoms with Crippen molar-refractivity contribution < 1.29 is 4.79 Å². The van der Waals surface area contributed by atoms with E-state index in [1.807, 2.05) is 0 Å². The molecule has 2 atom stereocenters. The Labute approximate surface area is 115 Å². The Kier molecular flexibility index (Phi) is 11.5. The fraction of sp³-hybridized carbons (Fsp3) is 0.941. The average molecular weight is 254 g/mol. The van der Waals surface area contributed by atoms with Crippen LogP contribution in [0.25, 0.3) is 0 Å². The van der Waals surface area contributed by atoms with E-state index in [0.29, 0.717) is 0 Å². The molecule has 0 N–H and O–H groups in total. The van der Waals surface area contributed by atoms with Crippen LogP contribution in [0.15, 0.2) is 0 Å². The third kappa shape index (κ3) is 12.1. The molecule has 0 rings (SSSR count). The summed E-state index contributed by atoms with van der Waals surface area (Å²) in [5.74, 6) is 2.55. The fourth-order valence-corrected chi connectivity index (χ4v) is 2.53. The molecule has 1 nitrogen and oxygen atoms in total. The average Bonchev–Trinajstić information content (AvgIpc) is 2.29. The number of rotatable bonds is 12. The predicted molar refractivity (Wildman–Crippen MR) is 80.8 cm³/mol. The van der Waals surface area contributed by atoms with Gasteiger partial charge < -0.3 is 4.79 Å². The third-order valence-electron chi connectivity index (χ3n) is 3.89. The summed E-state index contributed by atoms with van der Waals surface area (Å²) in [5.41, 5.74) is 0. The number of carbonyl (C=O) groups is 1. The van der Waals surface area contributed by atoms with Crippen molar-refractivity contribution in [1.29, 1.82) is 0 Å². The number of hydrogen-bond donors (Lipinski definition) is 0. The van der Waals surface area contributed by atoms with E-state index in [1.165, 1.54) is 44.9 Å². The lowest BCUT2D eigenvalue weighted by atomic mass is 9.92. The molecule has 0 bridgehead atoms. The van der Waals surface area contributed by atoms with E-state index in [-0.39, 0.29) is 0 Å². The van der Waals surface area contributed by atoms with Crippen LogP contribution in [-0.2, 0) is 4.79 Å². The normalized spacial score (nSPS) is 14.7. The summed E-state index contributed by atoms with van der Waals surface area (Å²) in [7, 11) is 0. The predicted octanol–water partition coefficient (Wildman–Crippen LogP) is 5.62. The van der Waals surface area contributed by atoms with Crippen molar-refractivity contribution in [3.8, 4) is 0 Å². The highest BCUT2D eigenvalue weighted by molar-refractivity contribution is 5.48. The van der Waals surface area contributed by atoms with Crippen molar-refractivity contribution in [3.05, 3.63) is 0 Å². The van der Waals surface area contributed by atoms with Gasteiger partial charge in [-0.25, -0.2) is 0 Å². The molecule has 0 aliphatic rings. The second-order valence-electron chi connectivity index (χ2n) is 6.56. The van der Waals surface area contributed by atoms with E-state index in [2.05, 4.69) is 27.7 Å². The molecule has 0 fully saturated rings. The molecule has 0 amide bonds. The molecule has 0 radical (unpaired) electrons. The molecule has 0 heterocycles. The molecule has 1 heteroatoms. The minimum absolute atomic E-state index is 0.746. The van der Waals surface area contributed by atoms with E-state index in [9.17, 15) is 4.79 Å². The zero-order valence-corrected chi connectivity index (χ0v) is 13.1. The maximum atomic E-state index is 10.2. The molecule has 2 unspecified atom stereocenters. The number of carbonyl (C=O) groups excluding carboxylic acids is 1. The topological polar surface area (TPSA) is 17.1 Å². The van der Waals surface area contributed by atoms with Crippen molar-refractivity contribution in [2.75, 3.05) is 0 Å². The summed E-state index contributed by atoms with van der Waals surface area (Å²) in [4.78, 5) is 10.2. The molecular weight excluding hydrogens is 220 g/mol. The number of aldehydes is 1. The molecule has 0 aromatic heterocycles. The van der Waals surface area contributed by atoms with Gasteiger partial charge in [-0.15, -0.1) is 0 Å². The first kappa shape index (κ1) is 17.7. The summed E-state index contributed by atoms with van der Waals surface area (Å²) in [6.07, 6.45) is 12.4. The molecule has 0 aliphatic heterocycles. The second kappa shape index (κ2) is 11.7. The van der Waals surface area contributed by atoms with Crippen molar-refractivity contribution in [3.63, 3.8) is 0 Å². The van der Waals surface area contributed by atoms with Crippen LogP contribution < -0.4 is 0 Å².